The van der Waals surface area contributed by atoms with Gasteiger partial charge in [0.05, 0.1) is 24.3 Å². The van der Waals surface area contributed by atoms with Gasteiger partial charge in [-0.15, -0.1) is 0 Å². The first kappa shape index (κ1) is 11.2. The Morgan fingerprint density at radius 1 is 1.50 bits per heavy atom. The fourth-order valence-electron chi connectivity index (χ4n) is 2.15. The predicted octanol–water partition coefficient (Wildman–Crippen LogP) is 0.624. The van der Waals surface area contributed by atoms with Crippen molar-refractivity contribution in [3.63, 3.8) is 0 Å². The van der Waals surface area contributed by atoms with Crippen LogP contribution in [0.1, 0.15) is 0 Å². The van der Waals surface area contributed by atoms with E-state index in [9.17, 15) is 4.79 Å². The number of methoxy groups -OCH3 is 1. The van der Waals surface area contributed by atoms with Crippen molar-refractivity contribution in [2.45, 2.75) is 6.54 Å². The van der Waals surface area contributed by atoms with E-state index >= 15 is 0 Å². The second-order valence-corrected chi connectivity index (χ2v) is 4.61. The third kappa shape index (κ3) is 1.86. The molecule has 3 rings (SSSR count). The molecular weight excluding hydrogens is 230 g/mol. The number of nitrogens with one attached hydrogen (secondary N) is 1. The van der Waals surface area contributed by atoms with Crippen LogP contribution < -0.4 is 15.6 Å². The van der Waals surface area contributed by atoms with Crippen LogP contribution in [-0.4, -0.2) is 29.8 Å². The smallest absolute Gasteiger partial charge is 0.261 e. The molecule has 1 aliphatic rings. The summed E-state index contributed by atoms with van der Waals surface area (Å²) in [7, 11) is 1.59. The molecule has 5 heteroatoms. The summed E-state index contributed by atoms with van der Waals surface area (Å²) in [6.07, 6.45) is 1.63. The molecule has 2 aromatic rings. The van der Waals surface area contributed by atoms with Gasteiger partial charge in [0, 0.05) is 25.6 Å². The van der Waals surface area contributed by atoms with Gasteiger partial charge in [-0.2, -0.15) is 0 Å². The van der Waals surface area contributed by atoms with Gasteiger partial charge in [-0.1, -0.05) is 0 Å². The van der Waals surface area contributed by atoms with Crippen molar-refractivity contribution < 1.29 is 4.74 Å². The van der Waals surface area contributed by atoms with Crippen molar-refractivity contribution in [3.05, 3.63) is 34.9 Å². The molecule has 0 saturated carbocycles. The van der Waals surface area contributed by atoms with Gasteiger partial charge in [0.1, 0.15) is 5.75 Å². The SMILES string of the molecule is COc1ccc2ncn(CC3CNC3)c(=O)c2c1. The number of fused-ring (bicyclic) bond motifs is 1. The Labute approximate surface area is 104 Å². The minimum Gasteiger partial charge on any atom is -0.497 e. The van der Waals surface area contributed by atoms with Crippen LogP contribution in [0.3, 0.4) is 0 Å². The van der Waals surface area contributed by atoms with E-state index in [1.165, 1.54) is 0 Å². The molecule has 5 nitrogen and oxygen atoms in total. The summed E-state index contributed by atoms with van der Waals surface area (Å²) in [5, 5.41) is 3.82. The zero-order chi connectivity index (χ0) is 12.5. The van der Waals surface area contributed by atoms with E-state index in [0.29, 0.717) is 22.6 Å². The van der Waals surface area contributed by atoms with Gasteiger partial charge in [-0.25, -0.2) is 4.98 Å². The van der Waals surface area contributed by atoms with E-state index in [1.807, 2.05) is 12.1 Å². The van der Waals surface area contributed by atoms with E-state index in [2.05, 4.69) is 10.3 Å². The maximum absolute atomic E-state index is 12.3. The highest BCUT2D eigenvalue weighted by Crippen LogP contribution is 2.16. The minimum atomic E-state index is 0.00537. The molecule has 1 fully saturated rings. The quantitative estimate of drug-likeness (QED) is 0.861. The van der Waals surface area contributed by atoms with Gasteiger partial charge in [-0.05, 0) is 18.2 Å². The first-order valence-corrected chi connectivity index (χ1v) is 6.02. The molecule has 0 radical (unpaired) electrons. The fourth-order valence-corrected chi connectivity index (χ4v) is 2.15. The van der Waals surface area contributed by atoms with Crippen LogP contribution in [0.2, 0.25) is 0 Å². The summed E-state index contributed by atoms with van der Waals surface area (Å²) in [6, 6.07) is 5.37. The lowest BCUT2D eigenvalue weighted by Crippen LogP contribution is -2.45. The van der Waals surface area contributed by atoms with Crippen molar-refractivity contribution >= 4 is 10.9 Å². The normalized spacial score (nSPS) is 15.6. The first-order chi connectivity index (χ1) is 8.78. The van der Waals surface area contributed by atoms with Crippen LogP contribution in [-0.2, 0) is 6.54 Å². The van der Waals surface area contributed by atoms with Gasteiger partial charge < -0.3 is 10.1 Å². The average Bonchev–Trinajstić information content (AvgIpc) is 2.35. The molecule has 0 atom stereocenters. The maximum atomic E-state index is 12.3. The first-order valence-electron chi connectivity index (χ1n) is 6.02. The molecule has 1 N–H and O–H groups in total. The third-order valence-corrected chi connectivity index (χ3v) is 3.35. The van der Waals surface area contributed by atoms with E-state index in [4.69, 9.17) is 4.74 Å². The van der Waals surface area contributed by atoms with Crippen molar-refractivity contribution in [3.8, 4) is 5.75 Å². The lowest BCUT2D eigenvalue weighted by Gasteiger charge is -2.27. The lowest BCUT2D eigenvalue weighted by atomic mass is 10.0. The zero-order valence-corrected chi connectivity index (χ0v) is 10.2. The third-order valence-electron chi connectivity index (χ3n) is 3.35. The van der Waals surface area contributed by atoms with Crippen LogP contribution in [0.4, 0.5) is 0 Å². The highest BCUT2D eigenvalue weighted by Gasteiger charge is 2.18. The number of hydrogen-bond acceptors (Lipinski definition) is 4. The molecule has 0 spiro atoms. The Balaban J connectivity index is 2.05. The van der Waals surface area contributed by atoms with Gasteiger partial charge in [0.15, 0.2) is 0 Å². The second kappa shape index (κ2) is 4.42. The Bertz CT molecular complexity index is 632. The fraction of sp³-hybridized carbons (Fsp3) is 0.385. The lowest BCUT2D eigenvalue weighted by molar-refractivity contribution is 0.303. The van der Waals surface area contributed by atoms with Crippen molar-refractivity contribution in [1.29, 1.82) is 0 Å². The molecule has 0 unspecified atom stereocenters. The van der Waals surface area contributed by atoms with Gasteiger partial charge in [-0.3, -0.25) is 9.36 Å². The number of nitrogens with zero attached hydrogens (tertiary/aromatic N) is 2. The number of ether oxygens (including phenoxy) is 1. The number of benzene rings is 1. The average molecular weight is 245 g/mol. The number of hydrogen-bond donors (Lipinski definition) is 1. The van der Waals surface area contributed by atoms with Crippen LogP contribution in [0.15, 0.2) is 29.3 Å². The Morgan fingerprint density at radius 3 is 3.00 bits per heavy atom. The summed E-state index contributed by atoms with van der Waals surface area (Å²) < 4.78 is 6.83. The molecule has 1 aromatic heterocycles. The van der Waals surface area contributed by atoms with Crippen LogP contribution in [0.5, 0.6) is 5.75 Å². The van der Waals surface area contributed by atoms with E-state index in [-0.39, 0.29) is 5.56 Å². The van der Waals surface area contributed by atoms with E-state index in [0.717, 1.165) is 19.6 Å². The van der Waals surface area contributed by atoms with E-state index in [1.54, 1.807) is 24.1 Å². The Morgan fingerprint density at radius 2 is 2.33 bits per heavy atom. The molecule has 94 valence electrons. The van der Waals surface area contributed by atoms with Gasteiger partial charge in [0.25, 0.3) is 5.56 Å². The van der Waals surface area contributed by atoms with Crippen LogP contribution in [0, 0.1) is 5.92 Å². The van der Waals surface area contributed by atoms with Crippen molar-refractivity contribution in [2.75, 3.05) is 20.2 Å². The Hall–Kier alpha value is -1.88. The topological polar surface area (TPSA) is 56.1 Å². The summed E-state index contributed by atoms with van der Waals surface area (Å²) >= 11 is 0. The number of rotatable bonds is 3. The zero-order valence-electron chi connectivity index (χ0n) is 10.2. The highest BCUT2D eigenvalue weighted by molar-refractivity contribution is 5.78. The summed E-state index contributed by atoms with van der Waals surface area (Å²) in [5.41, 5.74) is 0.717. The Kier molecular flexibility index (Phi) is 2.76. The molecule has 0 bridgehead atoms. The molecule has 1 saturated heterocycles. The summed E-state index contributed by atoms with van der Waals surface area (Å²) in [5.74, 6) is 1.22. The van der Waals surface area contributed by atoms with Crippen LogP contribution >= 0.6 is 0 Å². The largest absolute Gasteiger partial charge is 0.497 e. The van der Waals surface area contributed by atoms with E-state index < -0.39 is 0 Å². The van der Waals surface area contributed by atoms with Gasteiger partial charge in [0.2, 0.25) is 0 Å². The van der Waals surface area contributed by atoms with Crippen molar-refractivity contribution in [1.82, 2.24) is 14.9 Å². The van der Waals surface area contributed by atoms with Crippen LogP contribution in [0.25, 0.3) is 10.9 Å². The molecule has 1 aromatic carbocycles. The number of aromatic nitrogens is 2. The molecule has 18 heavy (non-hydrogen) atoms. The molecule has 2 heterocycles. The standard InChI is InChI=1S/C13H15N3O2/c1-18-10-2-3-12-11(4-10)13(17)16(8-15-12)7-9-5-14-6-9/h2-4,8-9,14H,5-7H2,1H3. The monoisotopic (exact) mass is 245 g/mol. The molecule has 1 aliphatic heterocycles. The van der Waals surface area contributed by atoms with Gasteiger partial charge >= 0.3 is 0 Å². The summed E-state index contributed by atoms with van der Waals surface area (Å²) in [6.45, 7) is 2.68. The minimum absolute atomic E-state index is 0.00537. The predicted molar refractivity (Wildman–Crippen MR) is 68.9 cm³/mol. The maximum Gasteiger partial charge on any atom is 0.261 e. The second-order valence-electron chi connectivity index (χ2n) is 4.61. The summed E-state index contributed by atoms with van der Waals surface area (Å²) in [4.78, 5) is 16.6. The molecule has 0 aliphatic carbocycles. The highest BCUT2D eigenvalue weighted by atomic mass is 16.5. The molecule has 0 amide bonds. The molecular formula is C13H15N3O2. The van der Waals surface area contributed by atoms with Crippen molar-refractivity contribution in [2.24, 2.45) is 5.92 Å².